The molecule has 1 amide bonds. The molecule has 0 spiro atoms. The zero-order chi connectivity index (χ0) is 24.8. The molecule has 1 saturated heterocycles. The molecule has 0 N–H and O–H groups in total. The van der Waals surface area contributed by atoms with E-state index in [2.05, 4.69) is 9.97 Å². The van der Waals surface area contributed by atoms with Gasteiger partial charge in [-0.3, -0.25) is 4.79 Å². The number of amides is 1. The van der Waals surface area contributed by atoms with Gasteiger partial charge in [-0.25, -0.2) is 14.4 Å². The fraction of sp³-hybridized carbons (Fsp3) is 0.320. The van der Waals surface area contributed by atoms with Crippen LogP contribution >= 0.6 is 11.6 Å². The second kappa shape index (κ2) is 11.2. The van der Waals surface area contributed by atoms with Gasteiger partial charge in [0.2, 0.25) is 0 Å². The zero-order valence-electron chi connectivity index (χ0n) is 19.9. The topological polar surface area (TPSA) is 69.5 Å². The SMILES string of the molecule is CC.COc1cc(/C=C2\OCCN(C(C)c3ccnc(Cl)c3F)C2=O)ccc1-n1cnc(C)c1. The summed E-state index contributed by atoms with van der Waals surface area (Å²) in [6, 6.07) is 6.56. The van der Waals surface area contributed by atoms with E-state index >= 15 is 0 Å². The number of ether oxygens (including phenoxy) is 2. The first-order chi connectivity index (χ1) is 16.4. The van der Waals surface area contributed by atoms with Crippen molar-refractivity contribution in [1.82, 2.24) is 19.4 Å². The van der Waals surface area contributed by atoms with E-state index in [1.54, 1.807) is 31.3 Å². The molecule has 3 aromatic rings. The predicted molar refractivity (Wildman–Crippen MR) is 129 cm³/mol. The van der Waals surface area contributed by atoms with Crippen LogP contribution in [0, 0.1) is 12.7 Å². The van der Waals surface area contributed by atoms with Crippen molar-refractivity contribution in [3.63, 3.8) is 0 Å². The highest BCUT2D eigenvalue weighted by molar-refractivity contribution is 6.29. The standard InChI is InChI=1S/C23H22ClFN4O3.C2H6/c1-14-12-28(13-27-14)18-5-4-16(10-19(18)31-3)11-20-23(30)29(8-9-32-20)15(2)17-6-7-26-22(24)21(17)25;1-2/h4-7,10-13,15H,8-9H2,1-3H3;1-2H3/b20-11-;. The van der Waals surface area contributed by atoms with Crippen LogP contribution in [0.1, 0.15) is 43.6 Å². The summed E-state index contributed by atoms with van der Waals surface area (Å²) in [5.41, 5.74) is 2.76. The number of benzene rings is 1. The Hall–Kier alpha value is -3.39. The third-order valence-corrected chi connectivity index (χ3v) is 5.61. The minimum absolute atomic E-state index is 0.178. The van der Waals surface area contributed by atoms with E-state index in [-0.39, 0.29) is 16.8 Å². The van der Waals surface area contributed by atoms with E-state index in [4.69, 9.17) is 21.1 Å². The molecule has 1 aliphatic rings. The lowest BCUT2D eigenvalue weighted by Gasteiger charge is -2.34. The lowest BCUT2D eigenvalue weighted by Crippen LogP contribution is -2.42. The van der Waals surface area contributed by atoms with Gasteiger partial charge in [-0.1, -0.05) is 31.5 Å². The Morgan fingerprint density at radius 3 is 2.71 bits per heavy atom. The Morgan fingerprint density at radius 2 is 2.03 bits per heavy atom. The van der Waals surface area contributed by atoms with Gasteiger partial charge in [-0.15, -0.1) is 0 Å². The molecular formula is C25H28ClFN4O3. The van der Waals surface area contributed by atoms with Crippen LogP contribution in [0.2, 0.25) is 5.15 Å². The van der Waals surface area contributed by atoms with Crippen molar-refractivity contribution in [2.45, 2.75) is 33.7 Å². The predicted octanol–water partition coefficient (Wildman–Crippen LogP) is 5.36. The summed E-state index contributed by atoms with van der Waals surface area (Å²) in [7, 11) is 1.58. The molecule has 0 aliphatic carbocycles. The summed E-state index contributed by atoms with van der Waals surface area (Å²) in [5.74, 6) is -0.151. The monoisotopic (exact) mass is 486 g/mol. The van der Waals surface area contributed by atoms with Gasteiger partial charge in [0.25, 0.3) is 5.91 Å². The third-order valence-electron chi connectivity index (χ3n) is 5.35. The normalized spacial score (nSPS) is 15.4. The van der Waals surface area contributed by atoms with Crippen LogP contribution in [0.3, 0.4) is 0 Å². The smallest absolute Gasteiger partial charge is 0.289 e. The number of carbonyl (C=O) groups excluding carboxylic acids is 1. The number of aromatic nitrogens is 3. The number of imidazole rings is 1. The number of methoxy groups -OCH3 is 1. The number of aryl methyl sites for hydroxylation is 1. The molecule has 1 aliphatic heterocycles. The number of rotatable bonds is 5. The molecule has 7 nitrogen and oxygen atoms in total. The van der Waals surface area contributed by atoms with Gasteiger partial charge in [0.1, 0.15) is 12.4 Å². The molecule has 0 saturated carbocycles. The van der Waals surface area contributed by atoms with Crippen LogP contribution in [0.15, 0.2) is 48.7 Å². The van der Waals surface area contributed by atoms with Gasteiger partial charge in [0, 0.05) is 18.0 Å². The maximum Gasteiger partial charge on any atom is 0.289 e. The van der Waals surface area contributed by atoms with Crippen LogP contribution in [0.4, 0.5) is 4.39 Å². The van der Waals surface area contributed by atoms with Gasteiger partial charge in [0.05, 0.1) is 37.4 Å². The fourth-order valence-corrected chi connectivity index (χ4v) is 3.82. The molecule has 0 bridgehead atoms. The molecule has 4 rings (SSSR count). The number of nitrogens with zero attached hydrogens (tertiary/aromatic N) is 4. The molecular weight excluding hydrogens is 459 g/mol. The molecule has 0 radical (unpaired) electrons. The summed E-state index contributed by atoms with van der Waals surface area (Å²) in [5, 5.41) is -0.217. The van der Waals surface area contributed by atoms with Crippen molar-refractivity contribution in [2.24, 2.45) is 0 Å². The average Bonchev–Trinajstić information content (AvgIpc) is 3.29. The van der Waals surface area contributed by atoms with Gasteiger partial charge >= 0.3 is 0 Å². The van der Waals surface area contributed by atoms with E-state index in [1.165, 1.54) is 12.3 Å². The second-order valence-electron chi connectivity index (χ2n) is 7.39. The van der Waals surface area contributed by atoms with Crippen LogP contribution in [0.5, 0.6) is 5.75 Å². The quantitative estimate of drug-likeness (QED) is 0.358. The van der Waals surface area contributed by atoms with Crippen molar-refractivity contribution in [1.29, 1.82) is 0 Å². The minimum atomic E-state index is -0.624. The molecule has 34 heavy (non-hydrogen) atoms. The molecule has 9 heteroatoms. The summed E-state index contributed by atoms with van der Waals surface area (Å²) in [6.45, 7) is 8.29. The average molecular weight is 487 g/mol. The van der Waals surface area contributed by atoms with Crippen LogP contribution in [-0.2, 0) is 9.53 Å². The number of hydrogen-bond acceptors (Lipinski definition) is 5. The maximum atomic E-state index is 14.4. The Balaban J connectivity index is 0.00000158. The Bertz CT molecular complexity index is 1190. The van der Waals surface area contributed by atoms with Gasteiger partial charge in [-0.05, 0) is 43.7 Å². The first-order valence-corrected chi connectivity index (χ1v) is 11.4. The zero-order valence-corrected chi connectivity index (χ0v) is 20.6. The van der Waals surface area contributed by atoms with Crippen LogP contribution in [-0.4, -0.2) is 45.6 Å². The second-order valence-corrected chi connectivity index (χ2v) is 7.75. The number of pyridine rings is 1. The van der Waals surface area contributed by atoms with Crippen molar-refractivity contribution in [2.75, 3.05) is 20.3 Å². The van der Waals surface area contributed by atoms with E-state index < -0.39 is 11.9 Å². The van der Waals surface area contributed by atoms with Gasteiger partial charge < -0.3 is 18.9 Å². The number of hydrogen-bond donors (Lipinski definition) is 0. The Labute approximate surface area is 203 Å². The highest BCUT2D eigenvalue weighted by Crippen LogP contribution is 2.30. The molecule has 1 fully saturated rings. The lowest BCUT2D eigenvalue weighted by atomic mass is 10.1. The van der Waals surface area contributed by atoms with E-state index in [0.29, 0.717) is 24.5 Å². The van der Waals surface area contributed by atoms with Crippen molar-refractivity contribution >= 4 is 23.6 Å². The van der Waals surface area contributed by atoms with Crippen LogP contribution < -0.4 is 4.74 Å². The molecule has 1 unspecified atom stereocenters. The minimum Gasteiger partial charge on any atom is -0.495 e. The number of carbonyl (C=O) groups is 1. The summed E-state index contributed by atoms with van der Waals surface area (Å²) < 4.78 is 27.5. The lowest BCUT2D eigenvalue weighted by molar-refractivity contribution is -0.137. The van der Waals surface area contributed by atoms with E-state index in [1.807, 2.05) is 49.7 Å². The largest absolute Gasteiger partial charge is 0.495 e. The van der Waals surface area contributed by atoms with E-state index in [9.17, 15) is 9.18 Å². The van der Waals surface area contributed by atoms with Crippen molar-refractivity contribution in [3.8, 4) is 11.4 Å². The molecule has 1 atom stereocenters. The molecule has 3 heterocycles. The number of halogens is 2. The Morgan fingerprint density at radius 1 is 1.26 bits per heavy atom. The van der Waals surface area contributed by atoms with Crippen LogP contribution in [0.25, 0.3) is 11.8 Å². The van der Waals surface area contributed by atoms with Crippen molar-refractivity contribution in [3.05, 3.63) is 76.5 Å². The summed E-state index contributed by atoms with van der Waals surface area (Å²) >= 11 is 5.81. The number of morpholine rings is 1. The van der Waals surface area contributed by atoms with E-state index in [0.717, 1.165) is 16.9 Å². The first-order valence-electron chi connectivity index (χ1n) is 11.0. The third kappa shape index (κ3) is 5.22. The highest BCUT2D eigenvalue weighted by atomic mass is 35.5. The highest BCUT2D eigenvalue weighted by Gasteiger charge is 2.31. The molecule has 180 valence electrons. The molecule has 1 aromatic carbocycles. The van der Waals surface area contributed by atoms with Crippen molar-refractivity contribution < 1.29 is 18.7 Å². The summed E-state index contributed by atoms with van der Waals surface area (Å²) in [4.78, 5) is 22.6. The summed E-state index contributed by atoms with van der Waals surface area (Å²) in [6.07, 6.45) is 6.69. The first kappa shape index (κ1) is 25.2. The van der Waals surface area contributed by atoms with Gasteiger partial charge in [-0.2, -0.15) is 0 Å². The Kier molecular flexibility index (Phi) is 8.28. The maximum absolute atomic E-state index is 14.4. The fourth-order valence-electron chi connectivity index (χ4n) is 3.66. The molecule has 2 aromatic heterocycles. The van der Waals surface area contributed by atoms with Gasteiger partial charge in [0.15, 0.2) is 16.7 Å².